The number of benzene rings is 2. The summed E-state index contributed by atoms with van der Waals surface area (Å²) in [6, 6.07) is 14.3. The lowest BCUT2D eigenvalue weighted by Crippen LogP contribution is -2.18. The predicted octanol–water partition coefficient (Wildman–Crippen LogP) is 5.42. The fourth-order valence-corrected chi connectivity index (χ4v) is 3.54. The van der Waals surface area contributed by atoms with Crippen LogP contribution in [-0.2, 0) is 17.4 Å². The zero-order chi connectivity index (χ0) is 21.0. The summed E-state index contributed by atoms with van der Waals surface area (Å²) in [6.45, 7) is 2.03. The van der Waals surface area contributed by atoms with Crippen molar-refractivity contribution in [2.75, 3.05) is 11.1 Å². The predicted molar refractivity (Wildman–Crippen MR) is 107 cm³/mol. The van der Waals surface area contributed by atoms with Crippen molar-refractivity contribution in [3.05, 3.63) is 65.2 Å². The van der Waals surface area contributed by atoms with Gasteiger partial charge in [0.15, 0.2) is 0 Å². The summed E-state index contributed by atoms with van der Waals surface area (Å²) in [5, 5.41) is 12.9. The number of halogens is 3. The van der Waals surface area contributed by atoms with Crippen molar-refractivity contribution in [2.24, 2.45) is 0 Å². The Kier molecular flexibility index (Phi) is 6.09. The van der Waals surface area contributed by atoms with E-state index in [-0.39, 0.29) is 11.4 Å². The molecule has 0 saturated carbocycles. The molecule has 0 fully saturated rings. The van der Waals surface area contributed by atoms with Crippen LogP contribution in [0.15, 0.2) is 53.6 Å². The highest BCUT2D eigenvalue weighted by Crippen LogP contribution is 2.34. The first-order valence-corrected chi connectivity index (χ1v) is 9.73. The number of aryl methyl sites for hydroxylation is 1. The number of thioether (sulfide) groups is 1. The lowest BCUT2D eigenvalue weighted by molar-refractivity contribution is -0.137. The number of para-hydroxylation sites is 1. The third kappa shape index (κ3) is 4.87. The van der Waals surface area contributed by atoms with E-state index in [1.165, 1.54) is 18.2 Å². The van der Waals surface area contributed by atoms with Crippen LogP contribution < -0.4 is 5.32 Å². The van der Waals surface area contributed by atoms with E-state index in [9.17, 15) is 23.2 Å². The van der Waals surface area contributed by atoms with E-state index in [2.05, 4.69) is 16.4 Å². The average Bonchev–Trinajstić information content (AvgIpc) is 2.70. The number of nitrogens with zero attached hydrogens (tertiary/aromatic N) is 2. The molecule has 1 N–H and O–H groups in total. The number of anilines is 1. The lowest BCUT2D eigenvalue weighted by atomic mass is 10.1. The van der Waals surface area contributed by atoms with E-state index in [4.69, 9.17) is 0 Å². The molecule has 0 unspecified atom stereocenters. The van der Waals surface area contributed by atoms with Gasteiger partial charge in [-0.3, -0.25) is 4.79 Å². The van der Waals surface area contributed by atoms with Gasteiger partial charge in [-0.15, -0.1) is 0 Å². The zero-order valence-electron chi connectivity index (χ0n) is 15.4. The molecule has 0 aliphatic carbocycles. The summed E-state index contributed by atoms with van der Waals surface area (Å²) in [7, 11) is 0. The second-order valence-electron chi connectivity index (χ2n) is 6.21. The SMILES string of the molecule is CCc1ccc2nc(SCC(=O)Nc3ccccc3C(F)(F)F)c(C#N)cc2c1. The highest BCUT2D eigenvalue weighted by molar-refractivity contribution is 8.00. The molecule has 4 nitrogen and oxygen atoms in total. The number of amides is 1. The first kappa shape index (κ1) is 20.7. The molecule has 0 bridgehead atoms. The molecule has 148 valence electrons. The van der Waals surface area contributed by atoms with Crippen LogP contribution in [0.3, 0.4) is 0 Å². The van der Waals surface area contributed by atoms with Gasteiger partial charge in [-0.1, -0.05) is 36.9 Å². The third-order valence-electron chi connectivity index (χ3n) is 4.22. The molecule has 1 heterocycles. The summed E-state index contributed by atoms with van der Waals surface area (Å²) >= 11 is 1.01. The summed E-state index contributed by atoms with van der Waals surface area (Å²) in [5.74, 6) is -0.786. The Bertz CT molecular complexity index is 1110. The number of alkyl halides is 3. The number of carbonyl (C=O) groups excluding carboxylic acids is 1. The Balaban J connectivity index is 1.77. The molecule has 0 aliphatic heterocycles. The van der Waals surface area contributed by atoms with E-state index < -0.39 is 17.6 Å². The topological polar surface area (TPSA) is 65.8 Å². The number of carbonyl (C=O) groups is 1. The van der Waals surface area contributed by atoms with E-state index >= 15 is 0 Å². The van der Waals surface area contributed by atoms with Gasteiger partial charge in [0, 0.05) is 5.39 Å². The average molecular weight is 415 g/mol. The highest BCUT2D eigenvalue weighted by atomic mass is 32.2. The molecule has 1 aromatic heterocycles. The molecular weight excluding hydrogens is 399 g/mol. The van der Waals surface area contributed by atoms with Gasteiger partial charge in [0.2, 0.25) is 5.91 Å². The molecule has 0 spiro atoms. The van der Waals surface area contributed by atoms with Crippen molar-refractivity contribution in [3.8, 4) is 6.07 Å². The minimum Gasteiger partial charge on any atom is -0.325 e. The molecular formula is C21H16F3N3OS. The van der Waals surface area contributed by atoms with E-state index in [1.807, 2.05) is 25.1 Å². The highest BCUT2D eigenvalue weighted by Gasteiger charge is 2.33. The number of pyridine rings is 1. The Morgan fingerprint density at radius 1 is 1.21 bits per heavy atom. The number of hydrogen-bond donors (Lipinski definition) is 1. The van der Waals surface area contributed by atoms with Gasteiger partial charge in [-0.05, 0) is 42.3 Å². The van der Waals surface area contributed by atoms with Crippen LogP contribution in [0.4, 0.5) is 18.9 Å². The van der Waals surface area contributed by atoms with Crippen LogP contribution in [0.1, 0.15) is 23.6 Å². The third-order valence-corrected chi connectivity index (χ3v) is 5.21. The molecule has 3 rings (SSSR count). The fourth-order valence-electron chi connectivity index (χ4n) is 2.78. The van der Waals surface area contributed by atoms with Crippen molar-refractivity contribution < 1.29 is 18.0 Å². The molecule has 0 saturated heterocycles. The van der Waals surface area contributed by atoms with Crippen molar-refractivity contribution >= 4 is 34.3 Å². The molecule has 0 aliphatic rings. The van der Waals surface area contributed by atoms with Crippen LogP contribution in [0.5, 0.6) is 0 Å². The monoisotopic (exact) mass is 415 g/mol. The Morgan fingerprint density at radius 2 is 1.97 bits per heavy atom. The maximum Gasteiger partial charge on any atom is 0.418 e. The molecule has 1 amide bonds. The number of hydrogen-bond acceptors (Lipinski definition) is 4. The van der Waals surface area contributed by atoms with E-state index in [0.717, 1.165) is 35.2 Å². The molecule has 8 heteroatoms. The summed E-state index contributed by atoms with van der Waals surface area (Å²) in [5.41, 5.74) is 0.911. The van der Waals surface area contributed by atoms with Crippen LogP contribution in [-0.4, -0.2) is 16.6 Å². The second-order valence-corrected chi connectivity index (χ2v) is 7.18. The number of rotatable bonds is 5. The molecule has 2 aromatic carbocycles. The number of fused-ring (bicyclic) bond motifs is 1. The van der Waals surface area contributed by atoms with Crippen LogP contribution >= 0.6 is 11.8 Å². The lowest BCUT2D eigenvalue weighted by Gasteiger charge is -2.13. The van der Waals surface area contributed by atoms with Crippen LogP contribution in [0.2, 0.25) is 0 Å². The Morgan fingerprint density at radius 3 is 2.66 bits per heavy atom. The fraction of sp³-hybridized carbons (Fsp3) is 0.190. The number of nitriles is 1. The molecule has 0 atom stereocenters. The zero-order valence-corrected chi connectivity index (χ0v) is 16.2. The standard InChI is InChI=1S/C21H16F3N3OS/c1-2-13-7-8-17-14(9-13)10-15(11-25)20(27-17)29-12-19(28)26-18-6-4-3-5-16(18)21(22,23)24/h3-10H,2,12H2,1H3,(H,26,28). The first-order valence-electron chi connectivity index (χ1n) is 8.74. The Labute approximate surface area is 169 Å². The minimum atomic E-state index is -4.57. The van der Waals surface area contributed by atoms with Crippen LogP contribution in [0.25, 0.3) is 10.9 Å². The van der Waals surface area contributed by atoms with Crippen molar-refractivity contribution in [1.29, 1.82) is 5.26 Å². The van der Waals surface area contributed by atoms with Crippen molar-refractivity contribution in [2.45, 2.75) is 24.5 Å². The van der Waals surface area contributed by atoms with Gasteiger partial charge in [0.25, 0.3) is 0 Å². The van der Waals surface area contributed by atoms with Gasteiger partial charge in [-0.2, -0.15) is 18.4 Å². The normalized spacial score (nSPS) is 11.3. The molecule has 29 heavy (non-hydrogen) atoms. The van der Waals surface area contributed by atoms with Gasteiger partial charge in [-0.25, -0.2) is 4.98 Å². The number of nitrogens with one attached hydrogen (secondary N) is 1. The largest absolute Gasteiger partial charge is 0.418 e. The number of aromatic nitrogens is 1. The minimum absolute atomic E-state index is 0.174. The quantitative estimate of drug-likeness (QED) is 0.565. The van der Waals surface area contributed by atoms with Gasteiger partial charge in [0.05, 0.1) is 28.1 Å². The van der Waals surface area contributed by atoms with Gasteiger partial charge in [0.1, 0.15) is 11.1 Å². The Hall–Kier alpha value is -3.05. The molecule has 0 radical (unpaired) electrons. The first-order chi connectivity index (χ1) is 13.8. The van der Waals surface area contributed by atoms with Crippen LogP contribution in [0, 0.1) is 11.3 Å². The summed E-state index contributed by atoms with van der Waals surface area (Å²) in [6.07, 6.45) is -3.71. The van der Waals surface area contributed by atoms with Gasteiger partial charge < -0.3 is 5.32 Å². The molecule has 3 aromatic rings. The summed E-state index contributed by atoms with van der Waals surface area (Å²) < 4.78 is 39.1. The summed E-state index contributed by atoms with van der Waals surface area (Å²) in [4.78, 5) is 16.6. The van der Waals surface area contributed by atoms with Gasteiger partial charge >= 0.3 is 6.18 Å². The van der Waals surface area contributed by atoms with E-state index in [1.54, 1.807) is 6.07 Å². The smallest absolute Gasteiger partial charge is 0.325 e. The van der Waals surface area contributed by atoms with Crippen molar-refractivity contribution in [3.63, 3.8) is 0 Å². The second kappa shape index (κ2) is 8.53. The van der Waals surface area contributed by atoms with E-state index in [0.29, 0.717) is 16.1 Å². The van der Waals surface area contributed by atoms with Crippen molar-refractivity contribution in [1.82, 2.24) is 4.98 Å². The maximum absolute atomic E-state index is 13.0. The maximum atomic E-state index is 13.0.